The van der Waals surface area contributed by atoms with Gasteiger partial charge < -0.3 is 0 Å². The number of hydrogen-bond donors (Lipinski definition) is 0. The van der Waals surface area contributed by atoms with Crippen LogP contribution in [0.2, 0.25) is 0 Å². The predicted octanol–water partition coefficient (Wildman–Crippen LogP) is 4.64. The van der Waals surface area contributed by atoms with Crippen molar-refractivity contribution in [1.29, 1.82) is 0 Å². The van der Waals surface area contributed by atoms with Gasteiger partial charge in [-0.05, 0) is 85.9 Å². The number of rotatable bonds is 0. The predicted molar refractivity (Wildman–Crippen MR) is 67.1 cm³/mol. The zero-order chi connectivity index (χ0) is 11.0. The second-order valence-corrected chi connectivity index (χ2v) is 8.38. The van der Waals surface area contributed by atoms with Crippen LogP contribution >= 0.6 is 0 Å². The van der Waals surface area contributed by atoms with Crippen molar-refractivity contribution in [3.8, 4) is 0 Å². The zero-order valence-electron chi connectivity index (χ0n) is 11.0. The molecule has 0 aromatic carbocycles. The van der Waals surface area contributed by atoms with Gasteiger partial charge in [0.2, 0.25) is 0 Å². The van der Waals surface area contributed by atoms with Gasteiger partial charge in [-0.25, -0.2) is 0 Å². The quantitative estimate of drug-likeness (QED) is 0.555. The van der Waals surface area contributed by atoms with Crippen molar-refractivity contribution in [2.45, 2.75) is 65.2 Å². The first kappa shape index (κ1) is 9.97. The van der Waals surface area contributed by atoms with Crippen LogP contribution in [0.25, 0.3) is 0 Å². The van der Waals surface area contributed by atoms with Crippen LogP contribution in [-0.2, 0) is 0 Å². The fraction of sp³-hybridized carbons (Fsp3) is 1.00. The second kappa shape index (κ2) is 2.87. The molecule has 5 aliphatic carbocycles. The highest BCUT2D eigenvalue weighted by Crippen LogP contribution is 2.69. The maximum Gasteiger partial charge on any atom is -0.0235 e. The Morgan fingerprint density at radius 3 is 1.75 bits per heavy atom. The maximum atomic E-state index is 2.52. The van der Waals surface area contributed by atoms with E-state index in [1.54, 1.807) is 44.9 Å². The number of hydrogen-bond acceptors (Lipinski definition) is 0. The fourth-order valence-electron chi connectivity index (χ4n) is 6.46. The lowest BCUT2D eigenvalue weighted by atomic mass is 9.44. The third-order valence-corrected chi connectivity index (χ3v) is 6.84. The molecule has 0 saturated heterocycles. The Morgan fingerprint density at radius 1 is 0.750 bits per heavy atom. The van der Waals surface area contributed by atoms with E-state index < -0.39 is 0 Å². The molecule has 0 radical (unpaired) electrons. The zero-order valence-corrected chi connectivity index (χ0v) is 11.0. The monoisotopic (exact) mass is 218 g/mol. The molecule has 5 saturated carbocycles. The van der Waals surface area contributed by atoms with Crippen LogP contribution in [0.4, 0.5) is 0 Å². The smallest absolute Gasteiger partial charge is 0.0235 e. The van der Waals surface area contributed by atoms with Gasteiger partial charge in [0, 0.05) is 0 Å². The Balaban J connectivity index is 1.70. The summed E-state index contributed by atoms with van der Waals surface area (Å²) in [5, 5.41) is 0. The van der Waals surface area contributed by atoms with E-state index in [4.69, 9.17) is 0 Å². The van der Waals surface area contributed by atoms with Crippen LogP contribution < -0.4 is 0 Å². The molecule has 0 heteroatoms. The minimum Gasteiger partial charge on any atom is -0.0599 e. The van der Waals surface area contributed by atoms with Gasteiger partial charge in [0.1, 0.15) is 0 Å². The molecule has 5 rings (SSSR count). The highest BCUT2D eigenvalue weighted by atomic mass is 14.6. The van der Waals surface area contributed by atoms with Crippen LogP contribution in [0.1, 0.15) is 65.2 Å². The molecule has 0 aromatic heterocycles. The molecule has 0 amide bonds. The molecular formula is C16H26. The van der Waals surface area contributed by atoms with Gasteiger partial charge in [0.25, 0.3) is 0 Å². The standard InChI is InChI=1S/C16H26/c1-15(2)3-4-16(10-15)13-6-11-5-12(8-13)9-14(16)7-11/h11-14H,3-10H2,1-2H3. The van der Waals surface area contributed by atoms with Crippen molar-refractivity contribution in [2.24, 2.45) is 34.5 Å². The van der Waals surface area contributed by atoms with Gasteiger partial charge in [-0.15, -0.1) is 0 Å². The van der Waals surface area contributed by atoms with E-state index >= 15 is 0 Å². The Labute approximate surface area is 100 Å². The summed E-state index contributed by atoms with van der Waals surface area (Å²) in [6.07, 6.45) is 12.7. The van der Waals surface area contributed by atoms with Crippen molar-refractivity contribution in [2.75, 3.05) is 0 Å². The largest absolute Gasteiger partial charge is 0.0599 e. The summed E-state index contributed by atoms with van der Waals surface area (Å²) in [5.74, 6) is 4.59. The Bertz CT molecular complexity index is 284. The highest BCUT2D eigenvalue weighted by Gasteiger charge is 2.60. The van der Waals surface area contributed by atoms with Crippen LogP contribution in [0, 0.1) is 34.5 Å². The molecule has 0 nitrogen and oxygen atoms in total. The van der Waals surface area contributed by atoms with E-state index in [0.29, 0.717) is 5.41 Å². The minimum absolute atomic E-state index is 0.662. The summed E-state index contributed by atoms with van der Waals surface area (Å²) < 4.78 is 0. The molecular weight excluding hydrogens is 192 g/mol. The van der Waals surface area contributed by atoms with Gasteiger partial charge in [-0.1, -0.05) is 13.8 Å². The molecule has 1 spiro atoms. The average Bonchev–Trinajstić information content (AvgIpc) is 2.52. The SMILES string of the molecule is CC1(C)CCC2(C1)C1CC3CC(C1)CC2C3. The lowest BCUT2D eigenvalue weighted by Gasteiger charge is -2.61. The first-order valence-electron chi connectivity index (χ1n) is 7.57. The third-order valence-electron chi connectivity index (χ3n) is 6.84. The summed E-state index contributed by atoms with van der Waals surface area (Å²) in [6, 6.07) is 0. The molecule has 16 heavy (non-hydrogen) atoms. The van der Waals surface area contributed by atoms with E-state index in [0.717, 1.165) is 29.1 Å². The van der Waals surface area contributed by atoms with Gasteiger partial charge in [-0.3, -0.25) is 0 Å². The van der Waals surface area contributed by atoms with E-state index in [-0.39, 0.29) is 0 Å². The molecule has 0 heterocycles. The molecule has 0 aromatic rings. The van der Waals surface area contributed by atoms with Crippen LogP contribution in [0.15, 0.2) is 0 Å². The van der Waals surface area contributed by atoms with Crippen molar-refractivity contribution in [1.82, 2.24) is 0 Å². The Hall–Kier alpha value is 0. The minimum atomic E-state index is 0.662. The van der Waals surface area contributed by atoms with Crippen molar-refractivity contribution in [3.05, 3.63) is 0 Å². The van der Waals surface area contributed by atoms with Crippen molar-refractivity contribution < 1.29 is 0 Å². The van der Waals surface area contributed by atoms with Crippen LogP contribution in [0.3, 0.4) is 0 Å². The van der Waals surface area contributed by atoms with E-state index in [9.17, 15) is 0 Å². The van der Waals surface area contributed by atoms with E-state index in [1.165, 1.54) is 6.42 Å². The Kier molecular flexibility index (Phi) is 1.79. The van der Waals surface area contributed by atoms with Crippen LogP contribution in [0.5, 0.6) is 0 Å². The lowest BCUT2D eigenvalue weighted by molar-refractivity contribution is -0.109. The molecule has 5 fully saturated rings. The molecule has 0 unspecified atom stereocenters. The fourth-order valence-corrected chi connectivity index (χ4v) is 6.46. The molecule has 0 aliphatic heterocycles. The first-order valence-corrected chi connectivity index (χ1v) is 7.57. The molecule has 90 valence electrons. The van der Waals surface area contributed by atoms with Crippen molar-refractivity contribution >= 4 is 0 Å². The second-order valence-electron chi connectivity index (χ2n) is 8.38. The summed E-state index contributed by atoms with van der Waals surface area (Å²) in [4.78, 5) is 0. The van der Waals surface area contributed by atoms with Gasteiger partial charge >= 0.3 is 0 Å². The highest BCUT2D eigenvalue weighted by molar-refractivity contribution is 5.10. The first-order chi connectivity index (χ1) is 7.57. The van der Waals surface area contributed by atoms with E-state index in [2.05, 4.69) is 13.8 Å². The summed E-state index contributed by atoms with van der Waals surface area (Å²) >= 11 is 0. The maximum absolute atomic E-state index is 2.52. The normalized spacial score (nSPS) is 57.4. The summed E-state index contributed by atoms with van der Waals surface area (Å²) in [6.45, 7) is 5.04. The average molecular weight is 218 g/mol. The van der Waals surface area contributed by atoms with Gasteiger partial charge in [0.15, 0.2) is 0 Å². The topological polar surface area (TPSA) is 0 Å². The summed E-state index contributed by atoms with van der Waals surface area (Å²) in [5.41, 5.74) is 1.49. The van der Waals surface area contributed by atoms with E-state index in [1.807, 2.05) is 0 Å². The van der Waals surface area contributed by atoms with Crippen molar-refractivity contribution in [3.63, 3.8) is 0 Å². The summed E-state index contributed by atoms with van der Waals surface area (Å²) in [7, 11) is 0. The molecule has 4 bridgehead atoms. The lowest BCUT2D eigenvalue weighted by Crippen LogP contribution is -2.52. The molecule has 0 N–H and O–H groups in total. The molecule has 0 atom stereocenters. The van der Waals surface area contributed by atoms with Gasteiger partial charge in [-0.2, -0.15) is 0 Å². The Morgan fingerprint density at radius 2 is 1.31 bits per heavy atom. The van der Waals surface area contributed by atoms with Crippen LogP contribution in [-0.4, -0.2) is 0 Å². The molecule has 5 aliphatic rings. The van der Waals surface area contributed by atoms with Gasteiger partial charge in [0.05, 0.1) is 0 Å². The third kappa shape index (κ3) is 1.17.